The highest BCUT2D eigenvalue weighted by Gasteiger charge is 2.45. The van der Waals surface area contributed by atoms with Gasteiger partial charge in [-0.15, -0.1) is 11.3 Å². The molecule has 3 unspecified atom stereocenters. The fourth-order valence-corrected chi connectivity index (χ4v) is 5.49. The SMILES string of the molecule is C=C1NC2=C(C(=O)CC(c3cccs3)C2)C(c2ccc(OC(C)=O)cc2)C1C(=O)OCC(C)C. The Morgan fingerprint density at radius 2 is 1.91 bits per heavy atom. The lowest BCUT2D eigenvalue weighted by atomic mass is 9.69. The molecular formula is C27H29NO5S. The van der Waals surface area contributed by atoms with Crippen molar-refractivity contribution in [2.75, 3.05) is 6.61 Å². The van der Waals surface area contributed by atoms with Gasteiger partial charge in [-0.3, -0.25) is 14.4 Å². The predicted octanol–water partition coefficient (Wildman–Crippen LogP) is 5.09. The first-order valence-electron chi connectivity index (χ1n) is 11.4. The van der Waals surface area contributed by atoms with E-state index >= 15 is 0 Å². The van der Waals surface area contributed by atoms with E-state index < -0.39 is 23.8 Å². The maximum absolute atomic E-state index is 13.5. The van der Waals surface area contributed by atoms with E-state index in [2.05, 4.69) is 18.0 Å². The van der Waals surface area contributed by atoms with E-state index in [0.717, 1.165) is 11.3 Å². The lowest BCUT2D eigenvalue weighted by molar-refractivity contribution is -0.149. The molecule has 0 bridgehead atoms. The molecule has 34 heavy (non-hydrogen) atoms. The molecule has 0 saturated heterocycles. The van der Waals surface area contributed by atoms with Gasteiger partial charge in [0.1, 0.15) is 11.7 Å². The van der Waals surface area contributed by atoms with Gasteiger partial charge in [0.2, 0.25) is 0 Å². The van der Waals surface area contributed by atoms with Crippen LogP contribution < -0.4 is 10.1 Å². The molecule has 2 heterocycles. The standard InChI is InChI=1S/C27H29NO5S/c1-15(2)14-32-27(31)24-16(3)28-21-12-19(23-6-5-11-34-23)13-22(30)26(21)25(24)18-7-9-20(10-8-18)33-17(4)29/h5-11,15,19,24-25,28H,3,12-14H2,1-2,4H3. The van der Waals surface area contributed by atoms with E-state index in [-0.39, 0.29) is 17.6 Å². The predicted molar refractivity (Wildman–Crippen MR) is 130 cm³/mol. The van der Waals surface area contributed by atoms with Gasteiger partial charge in [-0.05, 0) is 41.5 Å². The van der Waals surface area contributed by atoms with E-state index in [9.17, 15) is 14.4 Å². The minimum atomic E-state index is -0.737. The van der Waals surface area contributed by atoms with Crippen molar-refractivity contribution in [2.45, 2.75) is 45.4 Å². The summed E-state index contributed by atoms with van der Waals surface area (Å²) in [6, 6.07) is 11.0. The monoisotopic (exact) mass is 479 g/mol. The van der Waals surface area contributed by atoms with Crippen molar-refractivity contribution < 1.29 is 23.9 Å². The zero-order chi connectivity index (χ0) is 24.4. The van der Waals surface area contributed by atoms with Crippen molar-refractivity contribution in [3.8, 4) is 5.75 Å². The van der Waals surface area contributed by atoms with Gasteiger partial charge in [0.25, 0.3) is 0 Å². The van der Waals surface area contributed by atoms with E-state index in [4.69, 9.17) is 9.47 Å². The normalized spacial score (nSPS) is 22.3. The number of allylic oxidation sites excluding steroid dienone is 2. The van der Waals surface area contributed by atoms with Crippen LogP contribution in [0.2, 0.25) is 0 Å². The molecule has 0 fully saturated rings. The summed E-state index contributed by atoms with van der Waals surface area (Å²) in [5.74, 6) is -1.35. The second-order valence-corrected chi connectivity index (χ2v) is 10.2. The van der Waals surface area contributed by atoms with E-state index in [1.165, 1.54) is 11.8 Å². The van der Waals surface area contributed by atoms with Crippen LogP contribution in [0, 0.1) is 11.8 Å². The van der Waals surface area contributed by atoms with Crippen molar-refractivity contribution in [1.29, 1.82) is 0 Å². The highest BCUT2D eigenvalue weighted by atomic mass is 32.1. The second kappa shape index (κ2) is 9.97. The molecule has 6 nitrogen and oxygen atoms in total. The third-order valence-corrected chi connectivity index (χ3v) is 7.13. The van der Waals surface area contributed by atoms with Crippen molar-refractivity contribution in [3.63, 3.8) is 0 Å². The van der Waals surface area contributed by atoms with Gasteiger partial charge in [-0.25, -0.2) is 0 Å². The highest BCUT2D eigenvalue weighted by molar-refractivity contribution is 7.10. The number of ether oxygens (including phenoxy) is 2. The highest BCUT2D eigenvalue weighted by Crippen LogP contribution is 2.47. The van der Waals surface area contributed by atoms with Crippen LogP contribution >= 0.6 is 11.3 Å². The molecule has 0 amide bonds. The number of esters is 2. The first kappa shape index (κ1) is 24.0. The van der Waals surface area contributed by atoms with Gasteiger partial charge < -0.3 is 14.8 Å². The van der Waals surface area contributed by atoms with E-state index in [1.54, 1.807) is 35.6 Å². The van der Waals surface area contributed by atoms with Crippen LogP contribution in [0.15, 0.2) is 65.3 Å². The van der Waals surface area contributed by atoms with Crippen LogP contribution in [0.1, 0.15) is 55.9 Å². The molecular weight excluding hydrogens is 450 g/mol. The summed E-state index contributed by atoms with van der Waals surface area (Å²) >= 11 is 1.65. The smallest absolute Gasteiger partial charge is 0.315 e. The number of nitrogens with one attached hydrogen (secondary N) is 1. The Hall–Kier alpha value is -3.19. The Morgan fingerprint density at radius 1 is 1.18 bits per heavy atom. The Balaban J connectivity index is 1.74. The molecule has 0 saturated carbocycles. The Kier molecular flexibility index (Phi) is 7.03. The first-order chi connectivity index (χ1) is 16.2. The Morgan fingerprint density at radius 3 is 2.53 bits per heavy atom. The van der Waals surface area contributed by atoms with E-state index in [0.29, 0.717) is 36.5 Å². The van der Waals surface area contributed by atoms with Gasteiger partial charge in [0.05, 0.1) is 6.61 Å². The summed E-state index contributed by atoms with van der Waals surface area (Å²) in [6.07, 6.45) is 1.07. The van der Waals surface area contributed by atoms with E-state index in [1.807, 2.05) is 25.3 Å². The molecule has 1 N–H and O–H groups in total. The molecule has 4 rings (SSSR count). The lowest BCUT2D eigenvalue weighted by Gasteiger charge is -2.40. The quantitative estimate of drug-likeness (QED) is 0.459. The van der Waals surface area contributed by atoms with Gasteiger partial charge in [0.15, 0.2) is 5.78 Å². The van der Waals surface area contributed by atoms with Crippen molar-refractivity contribution >= 4 is 29.1 Å². The molecule has 0 radical (unpaired) electrons. The molecule has 7 heteroatoms. The average Bonchev–Trinajstić information content (AvgIpc) is 3.31. The third kappa shape index (κ3) is 4.99. The average molecular weight is 480 g/mol. The number of rotatable bonds is 6. The zero-order valence-electron chi connectivity index (χ0n) is 19.6. The molecule has 1 aromatic heterocycles. The molecule has 1 aliphatic carbocycles. The summed E-state index contributed by atoms with van der Waals surface area (Å²) in [5.41, 5.74) is 2.75. The first-order valence-corrected chi connectivity index (χ1v) is 12.3. The molecule has 3 atom stereocenters. The molecule has 1 aromatic carbocycles. The number of thiophene rings is 1. The number of Topliss-reactive ketones (excluding diaryl/α,β-unsaturated/α-hetero) is 1. The number of hydrogen-bond donors (Lipinski definition) is 1. The molecule has 178 valence electrons. The van der Waals surface area contributed by atoms with Gasteiger partial charge in [-0.1, -0.05) is 38.6 Å². The molecule has 2 aliphatic rings. The second-order valence-electron chi connectivity index (χ2n) is 9.23. The minimum absolute atomic E-state index is 0.0235. The van der Waals surface area contributed by atoms with Crippen LogP contribution in [0.3, 0.4) is 0 Å². The molecule has 1 aliphatic heterocycles. The van der Waals surface area contributed by atoms with Gasteiger partial charge in [0, 0.05) is 47.0 Å². The van der Waals surface area contributed by atoms with Gasteiger partial charge in [-0.2, -0.15) is 0 Å². The Bertz CT molecular complexity index is 1130. The minimum Gasteiger partial charge on any atom is -0.465 e. The van der Waals surface area contributed by atoms with Crippen LogP contribution in [-0.4, -0.2) is 24.3 Å². The number of carbonyl (C=O) groups is 3. The maximum Gasteiger partial charge on any atom is 0.315 e. The summed E-state index contributed by atoms with van der Waals surface area (Å²) in [5, 5.41) is 5.31. The zero-order valence-corrected chi connectivity index (χ0v) is 20.4. The van der Waals surface area contributed by atoms with Crippen molar-refractivity contribution in [3.05, 3.63) is 75.8 Å². The number of ketones is 1. The van der Waals surface area contributed by atoms with Crippen LogP contribution in [0.4, 0.5) is 0 Å². The van der Waals surface area contributed by atoms with Crippen LogP contribution in [0.25, 0.3) is 0 Å². The van der Waals surface area contributed by atoms with Crippen LogP contribution in [0.5, 0.6) is 5.75 Å². The fraction of sp³-hybridized carbons (Fsp3) is 0.370. The molecule has 2 aromatic rings. The largest absolute Gasteiger partial charge is 0.465 e. The van der Waals surface area contributed by atoms with Crippen molar-refractivity contribution in [2.24, 2.45) is 11.8 Å². The third-order valence-electron chi connectivity index (χ3n) is 6.10. The number of hydrogen-bond acceptors (Lipinski definition) is 7. The summed E-state index contributed by atoms with van der Waals surface area (Å²) in [6.45, 7) is 9.74. The fourth-order valence-electron chi connectivity index (χ4n) is 4.66. The van der Waals surface area contributed by atoms with Crippen LogP contribution in [-0.2, 0) is 19.1 Å². The molecule has 0 spiro atoms. The van der Waals surface area contributed by atoms with Gasteiger partial charge >= 0.3 is 11.9 Å². The Labute approximate surface area is 203 Å². The lowest BCUT2D eigenvalue weighted by Crippen LogP contribution is -2.42. The van der Waals surface area contributed by atoms with Crippen molar-refractivity contribution in [1.82, 2.24) is 5.32 Å². The summed E-state index contributed by atoms with van der Waals surface area (Å²) < 4.78 is 10.8. The number of carbonyl (C=O) groups excluding carboxylic acids is 3. The summed E-state index contributed by atoms with van der Waals surface area (Å²) in [4.78, 5) is 39.2. The maximum atomic E-state index is 13.5. The summed E-state index contributed by atoms with van der Waals surface area (Å²) in [7, 11) is 0. The number of benzene rings is 1. The topological polar surface area (TPSA) is 81.7 Å².